The average molecular weight is 250 g/mol. The van der Waals surface area contributed by atoms with Crippen LogP contribution >= 0.6 is 0 Å². The summed E-state index contributed by atoms with van der Waals surface area (Å²) in [6.45, 7) is 1.68. The lowest BCUT2D eigenvalue weighted by Gasteiger charge is -2.13. The lowest BCUT2D eigenvalue weighted by atomic mass is 10.1. The van der Waals surface area contributed by atoms with Crippen LogP contribution in [0.3, 0.4) is 0 Å². The molecule has 2 aromatic rings. The standard InChI is InChI=1S/C12H14N2O2S/c1-17(15,16)11-4-2-3-10-12(11)8-7-13-6-5-9(8)14-10/h2-4,13-14H,5-7H2,1H3. The van der Waals surface area contributed by atoms with Crippen LogP contribution in [0.4, 0.5) is 0 Å². The van der Waals surface area contributed by atoms with Crippen molar-refractivity contribution in [3.05, 3.63) is 29.5 Å². The van der Waals surface area contributed by atoms with Crippen molar-refractivity contribution in [2.75, 3.05) is 12.8 Å². The van der Waals surface area contributed by atoms with Crippen molar-refractivity contribution in [2.45, 2.75) is 17.9 Å². The lowest BCUT2D eigenvalue weighted by molar-refractivity contribution is 0.602. The third-order valence-corrected chi connectivity index (χ3v) is 4.37. The largest absolute Gasteiger partial charge is 0.358 e. The van der Waals surface area contributed by atoms with Crippen molar-refractivity contribution in [1.82, 2.24) is 10.3 Å². The summed E-state index contributed by atoms with van der Waals surface area (Å²) in [5.74, 6) is 0. The molecule has 17 heavy (non-hydrogen) atoms. The maximum absolute atomic E-state index is 11.8. The first-order chi connectivity index (χ1) is 8.07. The normalized spacial score (nSPS) is 16.1. The fraction of sp³-hybridized carbons (Fsp3) is 0.333. The fourth-order valence-electron chi connectivity index (χ4n) is 2.48. The van der Waals surface area contributed by atoms with Crippen LogP contribution in [-0.4, -0.2) is 26.2 Å². The van der Waals surface area contributed by atoms with E-state index in [9.17, 15) is 8.42 Å². The molecule has 3 rings (SSSR count). The number of aromatic nitrogens is 1. The second-order valence-corrected chi connectivity index (χ2v) is 6.44. The van der Waals surface area contributed by atoms with Gasteiger partial charge in [0.05, 0.1) is 4.90 Å². The van der Waals surface area contributed by atoms with E-state index in [-0.39, 0.29) is 0 Å². The van der Waals surface area contributed by atoms with Crippen LogP contribution in [0.25, 0.3) is 10.9 Å². The molecule has 0 bridgehead atoms. The predicted molar refractivity (Wildman–Crippen MR) is 66.8 cm³/mol. The molecule has 5 heteroatoms. The number of H-pyrrole nitrogens is 1. The topological polar surface area (TPSA) is 62.0 Å². The van der Waals surface area contributed by atoms with E-state index >= 15 is 0 Å². The first-order valence-electron chi connectivity index (χ1n) is 5.60. The summed E-state index contributed by atoms with van der Waals surface area (Å²) in [5, 5.41) is 4.14. The summed E-state index contributed by atoms with van der Waals surface area (Å²) >= 11 is 0. The molecule has 2 N–H and O–H groups in total. The molecule has 0 saturated heterocycles. The van der Waals surface area contributed by atoms with Crippen LogP contribution in [0.1, 0.15) is 11.3 Å². The van der Waals surface area contributed by atoms with Crippen LogP contribution in [0.5, 0.6) is 0 Å². The quantitative estimate of drug-likeness (QED) is 0.800. The Kier molecular flexibility index (Phi) is 2.27. The molecular weight excluding hydrogens is 236 g/mol. The van der Waals surface area contributed by atoms with E-state index in [0.29, 0.717) is 4.90 Å². The van der Waals surface area contributed by atoms with Crippen molar-refractivity contribution in [3.8, 4) is 0 Å². The van der Waals surface area contributed by atoms with Gasteiger partial charge in [-0.05, 0) is 17.7 Å². The molecule has 1 aliphatic heterocycles. The van der Waals surface area contributed by atoms with E-state index < -0.39 is 9.84 Å². The Morgan fingerprint density at radius 1 is 1.29 bits per heavy atom. The average Bonchev–Trinajstić information content (AvgIpc) is 2.65. The highest BCUT2D eigenvalue weighted by Gasteiger charge is 2.20. The van der Waals surface area contributed by atoms with E-state index in [0.717, 1.165) is 41.7 Å². The monoisotopic (exact) mass is 250 g/mol. The first-order valence-corrected chi connectivity index (χ1v) is 7.50. The summed E-state index contributed by atoms with van der Waals surface area (Å²) in [7, 11) is -3.18. The van der Waals surface area contributed by atoms with E-state index in [1.807, 2.05) is 6.07 Å². The van der Waals surface area contributed by atoms with E-state index in [1.165, 1.54) is 6.26 Å². The van der Waals surface area contributed by atoms with E-state index in [4.69, 9.17) is 0 Å². The third-order valence-electron chi connectivity index (χ3n) is 3.23. The number of hydrogen-bond donors (Lipinski definition) is 2. The van der Waals surface area contributed by atoms with Crippen LogP contribution in [-0.2, 0) is 22.8 Å². The fourth-order valence-corrected chi connectivity index (χ4v) is 3.41. The molecule has 2 heterocycles. The summed E-state index contributed by atoms with van der Waals surface area (Å²) in [6.07, 6.45) is 2.19. The van der Waals surface area contributed by atoms with Gasteiger partial charge in [0, 0.05) is 42.4 Å². The Morgan fingerprint density at radius 2 is 2.12 bits per heavy atom. The van der Waals surface area contributed by atoms with E-state index in [1.54, 1.807) is 12.1 Å². The predicted octanol–water partition coefficient (Wildman–Crippen LogP) is 1.22. The molecule has 0 saturated carbocycles. The minimum absolute atomic E-state index is 0.427. The summed E-state index contributed by atoms with van der Waals surface area (Å²) in [5.41, 5.74) is 3.18. The maximum Gasteiger partial charge on any atom is 0.176 e. The lowest BCUT2D eigenvalue weighted by Crippen LogP contribution is -2.23. The van der Waals surface area contributed by atoms with Gasteiger partial charge >= 0.3 is 0 Å². The Morgan fingerprint density at radius 3 is 2.88 bits per heavy atom. The van der Waals surface area contributed by atoms with Crippen LogP contribution in [0, 0.1) is 0 Å². The molecule has 0 fully saturated rings. The number of benzene rings is 1. The van der Waals surface area contributed by atoms with Gasteiger partial charge < -0.3 is 10.3 Å². The molecule has 0 amide bonds. The summed E-state index contributed by atoms with van der Waals surface area (Å²) < 4.78 is 23.6. The SMILES string of the molecule is CS(=O)(=O)c1cccc2[nH]c3c(c12)CNCC3. The summed E-state index contributed by atoms with van der Waals surface area (Å²) in [6, 6.07) is 5.40. The van der Waals surface area contributed by atoms with Gasteiger partial charge in [-0.25, -0.2) is 8.42 Å². The zero-order valence-corrected chi connectivity index (χ0v) is 10.4. The molecule has 4 nitrogen and oxygen atoms in total. The minimum Gasteiger partial charge on any atom is -0.358 e. The molecule has 0 spiro atoms. The zero-order valence-electron chi connectivity index (χ0n) is 9.58. The molecule has 0 radical (unpaired) electrons. The zero-order chi connectivity index (χ0) is 12.0. The smallest absolute Gasteiger partial charge is 0.176 e. The van der Waals surface area contributed by atoms with Gasteiger partial charge in [0.2, 0.25) is 0 Å². The maximum atomic E-state index is 11.8. The highest BCUT2D eigenvalue weighted by molar-refractivity contribution is 7.91. The summed E-state index contributed by atoms with van der Waals surface area (Å²) in [4.78, 5) is 3.75. The molecule has 1 aromatic carbocycles. The highest BCUT2D eigenvalue weighted by Crippen LogP contribution is 2.30. The molecule has 0 aliphatic carbocycles. The van der Waals surface area contributed by atoms with Crippen LogP contribution in [0.15, 0.2) is 23.1 Å². The number of hydrogen-bond acceptors (Lipinski definition) is 3. The van der Waals surface area contributed by atoms with Crippen molar-refractivity contribution in [3.63, 3.8) is 0 Å². The second-order valence-electron chi connectivity index (χ2n) is 4.46. The van der Waals surface area contributed by atoms with Gasteiger partial charge in [-0.15, -0.1) is 0 Å². The van der Waals surface area contributed by atoms with Gasteiger partial charge in [0.25, 0.3) is 0 Å². The van der Waals surface area contributed by atoms with Crippen molar-refractivity contribution < 1.29 is 8.42 Å². The van der Waals surface area contributed by atoms with Crippen molar-refractivity contribution in [1.29, 1.82) is 0 Å². The van der Waals surface area contributed by atoms with Gasteiger partial charge in [-0.2, -0.15) is 0 Å². The third kappa shape index (κ3) is 1.66. The molecule has 1 aromatic heterocycles. The Balaban J connectivity index is 2.41. The molecule has 1 aliphatic rings. The van der Waals surface area contributed by atoms with Gasteiger partial charge in [0.15, 0.2) is 9.84 Å². The Labute approximate surface area is 100.0 Å². The molecule has 0 unspecified atom stereocenters. The Hall–Kier alpha value is -1.33. The van der Waals surface area contributed by atoms with Crippen molar-refractivity contribution in [2.24, 2.45) is 0 Å². The van der Waals surface area contributed by atoms with Crippen molar-refractivity contribution >= 4 is 20.7 Å². The Bertz CT molecular complexity index is 686. The highest BCUT2D eigenvalue weighted by atomic mass is 32.2. The van der Waals surface area contributed by atoms with Crippen LogP contribution < -0.4 is 5.32 Å². The minimum atomic E-state index is -3.18. The number of sulfone groups is 1. The second kappa shape index (κ2) is 3.58. The number of aromatic amines is 1. The number of rotatable bonds is 1. The molecular formula is C12H14N2O2S. The van der Waals surface area contributed by atoms with Gasteiger partial charge in [0.1, 0.15) is 0 Å². The molecule has 90 valence electrons. The van der Waals surface area contributed by atoms with Gasteiger partial charge in [-0.1, -0.05) is 6.07 Å². The number of fused-ring (bicyclic) bond motifs is 3. The van der Waals surface area contributed by atoms with E-state index in [2.05, 4.69) is 10.3 Å². The van der Waals surface area contributed by atoms with Crippen LogP contribution in [0.2, 0.25) is 0 Å². The first kappa shape index (κ1) is 10.8. The van der Waals surface area contributed by atoms with Gasteiger partial charge in [-0.3, -0.25) is 0 Å². The molecule has 0 atom stereocenters. The number of nitrogens with one attached hydrogen (secondary N) is 2.